The van der Waals surface area contributed by atoms with Crippen LogP contribution in [0.15, 0.2) is 6.20 Å². The Balaban J connectivity index is 2.93. The molecule has 0 atom stereocenters. The van der Waals surface area contributed by atoms with E-state index in [4.69, 9.17) is 10.5 Å². The highest BCUT2D eigenvalue weighted by atomic mass is 16.5. The number of carbonyl (C=O) groups excluding carboxylic acids is 1. The number of hydrogen-bond acceptors (Lipinski definition) is 4. The summed E-state index contributed by atoms with van der Waals surface area (Å²) in [6.07, 6.45) is 1.31. The average molecular weight is 197 g/mol. The number of nitrogens with zero attached hydrogens (tertiary/aromatic N) is 2. The van der Waals surface area contributed by atoms with Gasteiger partial charge in [0.2, 0.25) is 0 Å². The second kappa shape index (κ2) is 4.13. The second-order valence-electron chi connectivity index (χ2n) is 3.22. The maximum Gasteiger partial charge on any atom is 0.359 e. The van der Waals surface area contributed by atoms with Crippen LogP contribution in [0.4, 0.5) is 5.69 Å². The Morgan fingerprint density at radius 1 is 1.71 bits per heavy atom. The van der Waals surface area contributed by atoms with Crippen molar-refractivity contribution < 1.29 is 9.53 Å². The van der Waals surface area contributed by atoms with Gasteiger partial charge in [0, 0.05) is 6.54 Å². The van der Waals surface area contributed by atoms with Gasteiger partial charge >= 0.3 is 5.97 Å². The van der Waals surface area contributed by atoms with Gasteiger partial charge in [0.25, 0.3) is 0 Å². The molecule has 0 fully saturated rings. The molecule has 0 aliphatic carbocycles. The molecule has 0 aliphatic rings. The lowest BCUT2D eigenvalue weighted by Gasteiger charge is -2.09. The summed E-state index contributed by atoms with van der Waals surface area (Å²) in [5, 5.41) is 3.95. The lowest BCUT2D eigenvalue weighted by Crippen LogP contribution is -2.17. The van der Waals surface area contributed by atoms with Gasteiger partial charge in [-0.15, -0.1) is 0 Å². The van der Waals surface area contributed by atoms with Gasteiger partial charge in [-0.3, -0.25) is 4.68 Å². The van der Waals surface area contributed by atoms with Crippen molar-refractivity contribution in [2.45, 2.75) is 33.4 Å². The number of carbonyl (C=O) groups is 1. The van der Waals surface area contributed by atoms with E-state index in [9.17, 15) is 4.79 Å². The molecule has 0 unspecified atom stereocenters. The molecule has 0 radical (unpaired) electrons. The number of esters is 1. The first-order valence-corrected chi connectivity index (χ1v) is 4.58. The van der Waals surface area contributed by atoms with E-state index in [1.807, 2.05) is 6.92 Å². The molecule has 0 aromatic carbocycles. The first-order valence-electron chi connectivity index (χ1n) is 4.58. The zero-order valence-electron chi connectivity index (χ0n) is 8.65. The highest BCUT2D eigenvalue weighted by Crippen LogP contribution is 2.12. The van der Waals surface area contributed by atoms with Crippen molar-refractivity contribution >= 4 is 11.7 Å². The van der Waals surface area contributed by atoms with Gasteiger partial charge in [0.15, 0.2) is 5.69 Å². The molecule has 1 aromatic rings. The van der Waals surface area contributed by atoms with Crippen LogP contribution in [0.2, 0.25) is 0 Å². The van der Waals surface area contributed by atoms with Crippen LogP contribution in [-0.2, 0) is 11.3 Å². The quantitative estimate of drug-likeness (QED) is 0.735. The SMILES string of the molecule is CCn1ncc(N)c1C(=O)OC(C)C. The molecule has 1 aromatic heterocycles. The third-order valence-electron chi connectivity index (χ3n) is 1.70. The number of ether oxygens (including phenoxy) is 1. The number of anilines is 1. The van der Waals surface area contributed by atoms with E-state index in [0.29, 0.717) is 17.9 Å². The zero-order valence-corrected chi connectivity index (χ0v) is 8.65. The summed E-state index contributed by atoms with van der Waals surface area (Å²) in [4.78, 5) is 11.6. The largest absolute Gasteiger partial charge is 0.458 e. The molecule has 1 rings (SSSR count). The van der Waals surface area contributed by atoms with Crippen LogP contribution >= 0.6 is 0 Å². The van der Waals surface area contributed by atoms with Crippen LogP contribution in [-0.4, -0.2) is 21.9 Å². The molecule has 0 amide bonds. The Morgan fingerprint density at radius 2 is 2.36 bits per heavy atom. The highest BCUT2D eigenvalue weighted by Gasteiger charge is 2.18. The van der Waals surface area contributed by atoms with E-state index in [1.54, 1.807) is 13.8 Å². The number of nitrogen functional groups attached to an aromatic ring is 1. The fourth-order valence-corrected chi connectivity index (χ4v) is 1.13. The Labute approximate surface area is 82.8 Å². The fourth-order valence-electron chi connectivity index (χ4n) is 1.13. The number of nitrogens with two attached hydrogens (primary N) is 1. The number of rotatable bonds is 3. The van der Waals surface area contributed by atoms with Crippen molar-refractivity contribution in [3.63, 3.8) is 0 Å². The number of aryl methyl sites for hydroxylation is 1. The van der Waals surface area contributed by atoms with Gasteiger partial charge in [-0.2, -0.15) is 5.10 Å². The normalized spacial score (nSPS) is 10.6. The molecule has 0 saturated heterocycles. The maximum atomic E-state index is 11.6. The van der Waals surface area contributed by atoms with E-state index < -0.39 is 5.97 Å². The van der Waals surface area contributed by atoms with E-state index in [1.165, 1.54) is 10.9 Å². The summed E-state index contributed by atoms with van der Waals surface area (Å²) in [6.45, 7) is 6.07. The Bertz CT molecular complexity index is 331. The molecule has 0 spiro atoms. The number of hydrogen-bond donors (Lipinski definition) is 1. The first-order chi connectivity index (χ1) is 6.56. The molecule has 0 bridgehead atoms. The van der Waals surface area contributed by atoms with Gasteiger partial charge in [0.1, 0.15) is 0 Å². The minimum Gasteiger partial charge on any atom is -0.458 e. The standard InChI is InChI=1S/C9H15N3O2/c1-4-12-8(7(10)5-11-12)9(13)14-6(2)3/h5-6H,4,10H2,1-3H3. The van der Waals surface area contributed by atoms with Crippen LogP contribution in [0, 0.1) is 0 Å². The fraction of sp³-hybridized carbons (Fsp3) is 0.556. The lowest BCUT2D eigenvalue weighted by molar-refractivity contribution is 0.0365. The van der Waals surface area contributed by atoms with E-state index in [-0.39, 0.29) is 6.10 Å². The van der Waals surface area contributed by atoms with Crippen LogP contribution in [0.5, 0.6) is 0 Å². The van der Waals surface area contributed by atoms with Crippen LogP contribution in [0.1, 0.15) is 31.3 Å². The molecular formula is C9H15N3O2. The van der Waals surface area contributed by atoms with Gasteiger partial charge in [-0.05, 0) is 20.8 Å². The third-order valence-corrected chi connectivity index (χ3v) is 1.70. The average Bonchev–Trinajstić information content (AvgIpc) is 2.45. The summed E-state index contributed by atoms with van der Waals surface area (Å²) < 4.78 is 6.57. The first kappa shape index (κ1) is 10.6. The zero-order chi connectivity index (χ0) is 10.7. The summed E-state index contributed by atoms with van der Waals surface area (Å²) >= 11 is 0. The summed E-state index contributed by atoms with van der Waals surface area (Å²) in [6, 6.07) is 0. The Morgan fingerprint density at radius 3 is 2.86 bits per heavy atom. The minimum atomic E-state index is -0.420. The van der Waals surface area contributed by atoms with Crippen molar-refractivity contribution in [1.82, 2.24) is 9.78 Å². The van der Waals surface area contributed by atoms with Crippen molar-refractivity contribution in [2.75, 3.05) is 5.73 Å². The monoisotopic (exact) mass is 197 g/mol. The van der Waals surface area contributed by atoms with Gasteiger partial charge < -0.3 is 10.5 Å². The molecule has 14 heavy (non-hydrogen) atoms. The topological polar surface area (TPSA) is 70.1 Å². The third kappa shape index (κ3) is 2.04. The predicted molar refractivity (Wildman–Crippen MR) is 52.9 cm³/mol. The van der Waals surface area contributed by atoms with Gasteiger partial charge in [-0.25, -0.2) is 4.79 Å². The van der Waals surface area contributed by atoms with Crippen LogP contribution in [0.3, 0.4) is 0 Å². The maximum absolute atomic E-state index is 11.6. The molecule has 1 heterocycles. The molecule has 0 saturated carbocycles. The number of aromatic nitrogens is 2. The van der Waals surface area contributed by atoms with Crippen LogP contribution in [0.25, 0.3) is 0 Å². The predicted octanol–water partition coefficient (Wildman–Crippen LogP) is 1.05. The summed E-state index contributed by atoms with van der Waals surface area (Å²) in [5.74, 6) is -0.420. The van der Waals surface area contributed by atoms with Gasteiger partial charge in [0.05, 0.1) is 18.0 Å². The van der Waals surface area contributed by atoms with E-state index in [2.05, 4.69) is 5.10 Å². The highest BCUT2D eigenvalue weighted by molar-refractivity contribution is 5.93. The van der Waals surface area contributed by atoms with E-state index >= 15 is 0 Å². The summed E-state index contributed by atoms with van der Waals surface area (Å²) in [5.41, 5.74) is 6.30. The van der Waals surface area contributed by atoms with Gasteiger partial charge in [-0.1, -0.05) is 0 Å². The van der Waals surface area contributed by atoms with Crippen molar-refractivity contribution in [3.8, 4) is 0 Å². The molecule has 2 N–H and O–H groups in total. The minimum absolute atomic E-state index is 0.151. The van der Waals surface area contributed by atoms with E-state index in [0.717, 1.165) is 0 Å². The second-order valence-corrected chi connectivity index (χ2v) is 3.22. The van der Waals surface area contributed by atoms with Crippen molar-refractivity contribution in [2.24, 2.45) is 0 Å². The van der Waals surface area contributed by atoms with Crippen molar-refractivity contribution in [1.29, 1.82) is 0 Å². The molecule has 0 aliphatic heterocycles. The lowest BCUT2D eigenvalue weighted by atomic mass is 10.3. The Kier molecular flexibility index (Phi) is 3.11. The van der Waals surface area contributed by atoms with Crippen LogP contribution < -0.4 is 5.73 Å². The smallest absolute Gasteiger partial charge is 0.359 e. The molecular weight excluding hydrogens is 182 g/mol. The molecule has 78 valence electrons. The Hall–Kier alpha value is -1.52. The van der Waals surface area contributed by atoms with Crippen molar-refractivity contribution in [3.05, 3.63) is 11.9 Å². The molecule has 5 heteroatoms. The summed E-state index contributed by atoms with van der Waals surface area (Å²) in [7, 11) is 0. The molecule has 5 nitrogen and oxygen atoms in total.